The van der Waals surface area contributed by atoms with Crippen LogP contribution in [-0.2, 0) is 0 Å². The van der Waals surface area contributed by atoms with Crippen LogP contribution in [0.15, 0.2) is 46.9 Å². The van der Waals surface area contributed by atoms with E-state index in [4.69, 9.17) is 9.15 Å². The van der Waals surface area contributed by atoms with E-state index in [0.717, 1.165) is 22.3 Å². The van der Waals surface area contributed by atoms with Crippen molar-refractivity contribution >= 4 is 28.9 Å². The van der Waals surface area contributed by atoms with Crippen molar-refractivity contribution in [2.24, 2.45) is 0 Å². The van der Waals surface area contributed by atoms with Gasteiger partial charge in [0.1, 0.15) is 16.4 Å². The molecule has 0 aliphatic carbocycles. The lowest BCUT2D eigenvalue weighted by Gasteiger charge is -2.02. The molecule has 0 amide bonds. The number of nitro groups is 1. The molecule has 0 spiro atoms. The van der Waals surface area contributed by atoms with Crippen LogP contribution in [0.3, 0.4) is 0 Å². The van der Waals surface area contributed by atoms with Gasteiger partial charge in [-0.1, -0.05) is 6.07 Å². The molecule has 1 aromatic carbocycles. The maximum absolute atomic E-state index is 10.6. The van der Waals surface area contributed by atoms with Crippen LogP contribution in [-0.4, -0.2) is 17.0 Å². The fourth-order valence-electron chi connectivity index (χ4n) is 2.04. The lowest BCUT2D eigenvalue weighted by atomic mass is 10.2. The second kappa shape index (κ2) is 5.69. The highest BCUT2D eigenvalue weighted by molar-refractivity contribution is 5.82. The van der Waals surface area contributed by atoms with Crippen molar-refractivity contribution in [2.75, 3.05) is 7.11 Å². The molecule has 0 saturated heterocycles. The minimum absolute atomic E-state index is 0.279. The van der Waals surface area contributed by atoms with E-state index in [1.807, 2.05) is 30.3 Å². The van der Waals surface area contributed by atoms with Crippen LogP contribution >= 0.6 is 0 Å². The Bertz CT molecular complexity index is 867. The number of hydrogen-bond acceptors (Lipinski definition) is 5. The summed E-state index contributed by atoms with van der Waals surface area (Å²) in [7, 11) is 1.62. The molecule has 0 aliphatic heterocycles. The van der Waals surface area contributed by atoms with E-state index in [1.54, 1.807) is 25.3 Å². The van der Waals surface area contributed by atoms with Crippen LogP contribution in [0.5, 0.6) is 5.75 Å². The van der Waals surface area contributed by atoms with Gasteiger partial charge >= 0.3 is 5.88 Å². The van der Waals surface area contributed by atoms with Gasteiger partial charge in [-0.25, -0.2) is 4.98 Å². The van der Waals surface area contributed by atoms with E-state index >= 15 is 0 Å². The Balaban J connectivity index is 1.86. The van der Waals surface area contributed by atoms with E-state index in [0.29, 0.717) is 5.76 Å². The van der Waals surface area contributed by atoms with Gasteiger partial charge in [0.2, 0.25) is 0 Å². The molecule has 0 saturated carbocycles. The van der Waals surface area contributed by atoms with Crippen LogP contribution in [0.1, 0.15) is 11.5 Å². The number of hydrogen-bond donors (Lipinski definition) is 0. The summed E-state index contributed by atoms with van der Waals surface area (Å²) in [5.41, 5.74) is 1.57. The van der Waals surface area contributed by atoms with Gasteiger partial charge in [0.05, 0.1) is 24.4 Å². The molecule has 6 heteroatoms. The zero-order valence-corrected chi connectivity index (χ0v) is 11.7. The van der Waals surface area contributed by atoms with Crippen molar-refractivity contribution in [3.8, 4) is 5.75 Å². The highest BCUT2D eigenvalue weighted by atomic mass is 16.6. The van der Waals surface area contributed by atoms with E-state index in [2.05, 4.69) is 4.98 Å². The summed E-state index contributed by atoms with van der Waals surface area (Å²) in [6.07, 6.45) is 3.39. The summed E-state index contributed by atoms with van der Waals surface area (Å²) < 4.78 is 10.2. The summed E-state index contributed by atoms with van der Waals surface area (Å²) in [6, 6.07) is 12.3. The predicted molar refractivity (Wildman–Crippen MR) is 82.6 cm³/mol. The van der Waals surface area contributed by atoms with Crippen LogP contribution < -0.4 is 4.74 Å². The molecule has 2 heterocycles. The number of pyridine rings is 1. The van der Waals surface area contributed by atoms with Gasteiger partial charge in [-0.15, -0.1) is 0 Å². The van der Waals surface area contributed by atoms with Gasteiger partial charge in [-0.3, -0.25) is 10.1 Å². The summed E-state index contributed by atoms with van der Waals surface area (Å²) in [4.78, 5) is 14.5. The fourth-order valence-corrected chi connectivity index (χ4v) is 2.04. The number of rotatable bonds is 4. The Labute approximate surface area is 125 Å². The Morgan fingerprint density at radius 1 is 1.18 bits per heavy atom. The van der Waals surface area contributed by atoms with Crippen molar-refractivity contribution in [2.45, 2.75) is 0 Å². The van der Waals surface area contributed by atoms with Crippen LogP contribution in [0, 0.1) is 10.1 Å². The highest BCUT2D eigenvalue weighted by Crippen LogP contribution is 2.21. The molecule has 110 valence electrons. The Kier molecular flexibility index (Phi) is 3.57. The maximum atomic E-state index is 10.6. The first kappa shape index (κ1) is 13.8. The number of furan rings is 1. The normalized spacial score (nSPS) is 11.1. The van der Waals surface area contributed by atoms with Crippen molar-refractivity contribution < 1.29 is 14.1 Å². The largest absolute Gasteiger partial charge is 0.497 e. The third-order valence-electron chi connectivity index (χ3n) is 3.13. The molecule has 2 aromatic heterocycles. The molecular formula is C16H12N2O4. The zero-order chi connectivity index (χ0) is 15.5. The van der Waals surface area contributed by atoms with Crippen molar-refractivity contribution in [3.05, 3.63) is 64.0 Å². The molecular weight excluding hydrogens is 284 g/mol. The number of methoxy groups -OCH3 is 1. The summed E-state index contributed by atoms with van der Waals surface area (Å²) >= 11 is 0. The van der Waals surface area contributed by atoms with Gasteiger partial charge in [0.25, 0.3) is 0 Å². The molecule has 0 bridgehead atoms. The molecule has 0 unspecified atom stereocenters. The molecule has 0 aliphatic rings. The Hall–Kier alpha value is -3.15. The van der Waals surface area contributed by atoms with Crippen LogP contribution in [0.2, 0.25) is 0 Å². The van der Waals surface area contributed by atoms with E-state index < -0.39 is 4.92 Å². The third-order valence-corrected chi connectivity index (χ3v) is 3.13. The lowest BCUT2D eigenvalue weighted by molar-refractivity contribution is -0.402. The second-order valence-corrected chi connectivity index (χ2v) is 4.56. The zero-order valence-electron chi connectivity index (χ0n) is 11.7. The third kappa shape index (κ3) is 2.80. The van der Waals surface area contributed by atoms with Gasteiger partial charge in [0, 0.05) is 5.39 Å². The number of fused-ring (bicyclic) bond motifs is 1. The number of nitrogens with zero attached hydrogens (tertiary/aromatic N) is 2. The monoisotopic (exact) mass is 296 g/mol. The molecule has 0 radical (unpaired) electrons. The number of aromatic nitrogens is 1. The van der Waals surface area contributed by atoms with Crippen LogP contribution in [0.4, 0.5) is 5.88 Å². The van der Waals surface area contributed by atoms with Gasteiger partial charge < -0.3 is 9.15 Å². The SMILES string of the molecule is COc1ccc2nc(/C=C/c3ccc([N+](=O)[O-])o3)ccc2c1. The molecule has 6 nitrogen and oxygen atoms in total. The minimum Gasteiger partial charge on any atom is -0.497 e. The second-order valence-electron chi connectivity index (χ2n) is 4.56. The van der Waals surface area contributed by atoms with Crippen molar-refractivity contribution in [1.82, 2.24) is 4.98 Å². The smallest absolute Gasteiger partial charge is 0.433 e. The molecule has 22 heavy (non-hydrogen) atoms. The summed E-state index contributed by atoms with van der Waals surface area (Å²) in [5.74, 6) is 0.905. The van der Waals surface area contributed by atoms with E-state index in [1.165, 1.54) is 6.07 Å². The number of ether oxygens (including phenoxy) is 1. The minimum atomic E-state index is -0.570. The van der Waals surface area contributed by atoms with E-state index in [9.17, 15) is 10.1 Å². The Morgan fingerprint density at radius 3 is 2.77 bits per heavy atom. The van der Waals surface area contributed by atoms with Gasteiger partial charge in [0.15, 0.2) is 0 Å². The van der Waals surface area contributed by atoms with Crippen LogP contribution in [0.25, 0.3) is 23.1 Å². The number of benzene rings is 1. The Morgan fingerprint density at radius 2 is 2.05 bits per heavy atom. The first-order valence-corrected chi connectivity index (χ1v) is 6.53. The average molecular weight is 296 g/mol. The summed E-state index contributed by atoms with van der Waals surface area (Å²) in [5, 5.41) is 11.5. The molecule has 3 rings (SSSR count). The first-order valence-electron chi connectivity index (χ1n) is 6.53. The molecule has 3 aromatic rings. The fraction of sp³-hybridized carbons (Fsp3) is 0.0625. The molecule has 0 fully saturated rings. The van der Waals surface area contributed by atoms with Crippen molar-refractivity contribution in [1.29, 1.82) is 0 Å². The van der Waals surface area contributed by atoms with E-state index in [-0.39, 0.29) is 5.88 Å². The standard InChI is InChI=1S/C16H12N2O4/c1-21-14-6-8-15-11(10-14)2-3-12(17-15)4-5-13-7-9-16(22-13)18(19)20/h2-10H,1H3/b5-4+. The summed E-state index contributed by atoms with van der Waals surface area (Å²) in [6.45, 7) is 0. The quantitative estimate of drug-likeness (QED) is 0.538. The van der Waals surface area contributed by atoms with Gasteiger partial charge in [-0.2, -0.15) is 0 Å². The average Bonchev–Trinajstić information content (AvgIpc) is 3.01. The molecule has 0 N–H and O–H groups in total. The predicted octanol–water partition coefficient (Wildman–Crippen LogP) is 3.92. The molecule has 0 atom stereocenters. The van der Waals surface area contributed by atoms with Gasteiger partial charge in [-0.05, 0) is 42.5 Å². The van der Waals surface area contributed by atoms with Crippen molar-refractivity contribution in [3.63, 3.8) is 0 Å². The first-order chi connectivity index (χ1) is 10.7. The highest BCUT2D eigenvalue weighted by Gasteiger charge is 2.09. The topological polar surface area (TPSA) is 78.4 Å². The maximum Gasteiger partial charge on any atom is 0.433 e. The lowest BCUT2D eigenvalue weighted by Crippen LogP contribution is -1.86.